The molecule has 142 valence electrons. The minimum absolute atomic E-state index is 0.0418. The third kappa shape index (κ3) is 3.92. The number of aryl methyl sites for hydroxylation is 1. The van der Waals surface area contributed by atoms with Crippen molar-refractivity contribution in [3.05, 3.63) is 35.4 Å². The van der Waals surface area contributed by atoms with Gasteiger partial charge in [0.1, 0.15) is 0 Å². The van der Waals surface area contributed by atoms with Crippen LogP contribution in [0.2, 0.25) is 0 Å². The fraction of sp³-hybridized carbons (Fsp3) is 0.529. The molecule has 2 heterocycles. The summed E-state index contributed by atoms with van der Waals surface area (Å²) in [6.45, 7) is -0.758. The van der Waals surface area contributed by atoms with Gasteiger partial charge in [0.25, 0.3) is 0 Å². The molecule has 2 aliphatic heterocycles. The lowest BCUT2D eigenvalue weighted by Gasteiger charge is -2.26. The summed E-state index contributed by atoms with van der Waals surface area (Å²) in [5.41, 5.74) is 2.34. The molecule has 1 unspecified atom stereocenters. The first-order chi connectivity index (χ1) is 12.3. The number of thioether (sulfide) groups is 1. The van der Waals surface area contributed by atoms with E-state index < -0.39 is 43.1 Å². The van der Waals surface area contributed by atoms with Gasteiger partial charge in [0.05, 0.1) is 11.8 Å². The SMILES string of the molecule is O=C(O)[C@@H]1CN(C(=O)NCC2SCCc3ccccc32)C[C@H]1C(F)(F)F. The second kappa shape index (κ2) is 7.38. The number of hydrogen-bond acceptors (Lipinski definition) is 3. The van der Waals surface area contributed by atoms with Crippen LogP contribution < -0.4 is 5.32 Å². The van der Waals surface area contributed by atoms with Crippen LogP contribution in [0, 0.1) is 11.8 Å². The first-order valence-electron chi connectivity index (χ1n) is 8.29. The van der Waals surface area contributed by atoms with Gasteiger partial charge in [-0.05, 0) is 23.3 Å². The molecule has 1 aromatic rings. The summed E-state index contributed by atoms with van der Waals surface area (Å²) in [7, 11) is 0. The molecule has 0 aliphatic carbocycles. The smallest absolute Gasteiger partial charge is 0.394 e. The summed E-state index contributed by atoms with van der Waals surface area (Å²) in [5, 5.41) is 11.7. The molecule has 0 aromatic heterocycles. The van der Waals surface area contributed by atoms with Crippen LogP contribution in [0.1, 0.15) is 16.4 Å². The minimum atomic E-state index is -4.64. The molecule has 1 saturated heterocycles. The fourth-order valence-corrected chi connectivity index (χ4v) is 4.72. The number of carboxylic acids is 1. The highest BCUT2D eigenvalue weighted by Crippen LogP contribution is 2.38. The molecule has 2 amide bonds. The van der Waals surface area contributed by atoms with Gasteiger partial charge in [-0.1, -0.05) is 24.3 Å². The van der Waals surface area contributed by atoms with Gasteiger partial charge in [-0.2, -0.15) is 24.9 Å². The number of benzene rings is 1. The van der Waals surface area contributed by atoms with Gasteiger partial charge < -0.3 is 15.3 Å². The molecule has 0 radical (unpaired) electrons. The quantitative estimate of drug-likeness (QED) is 0.836. The van der Waals surface area contributed by atoms with Gasteiger partial charge >= 0.3 is 18.2 Å². The Kier molecular flexibility index (Phi) is 5.36. The molecular weight excluding hydrogens is 369 g/mol. The minimum Gasteiger partial charge on any atom is -0.481 e. The number of nitrogens with one attached hydrogen (secondary N) is 1. The van der Waals surface area contributed by atoms with Crippen molar-refractivity contribution in [2.45, 2.75) is 17.8 Å². The van der Waals surface area contributed by atoms with E-state index in [1.54, 1.807) is 11.8 Å². The number of aliphatic carboxylic acids is 1. The number of likely N-dealkylation sites (tertiary alicyclic amines) is 1. The predicted molar refractivity (Wildman–Crippen MR) is 91.0 cm³/mol. The summed E-state index contributed by atoms with van der Waals surface area (Å²) in [4.78, 5) is 24.3. The Morgan fingerprint density at radius 2 is 2.00 bits per heavy atom. The lowest BCUT2D eigenvalue weighted by Crippen LogP contribution is -2.41. The average molecular weight is 388 g/mol. The number of halogens is 3. The van der Waals surface area contributed by atoms with Crippen molar-refractivity contribution >= 4 is 23.8 Å². The van der Waals surface area contributed by atoms with Crippen LogP contribution in [-0.4, -0.2) is 53.6 Å². The van der Waals surface area contributed by atoms with Gasteiger partial charge in [0, 0.05) is 24.9 Å². The number of hydrogen-bond donors (Lipinski definition) is 2. The van der Waals surface area contributed by atoms with Crippen molar-refractivity contribution in [1.29, 1.82) is 0 Å². The van der Waals surface area contributed by atoms with E-state index in [-0.39, 0.29) is 5.25 Å². The van der Waals surface area contributed by atoms with E-state index in [0.717, 1.165) is 22.6 Å². The molecule has 2 aliphatic rings. The second-order valence-corrected chi connectivity index (χ2v) is 7.80. The van der Waals surface area contributed by atoms with E-state index in [4.69, 9.17) is 5.11 Å². The molecule has 2 N–H and O–H groups in total. The molecule has 3 rings (SSSR count). The molecule has 1 fully saturated rings. The second-order valence-electron chi connectivity index (χ2n) is 6.49. The van der Waals surface area contributed by atoms with E-state index in [1.165, 1.54) is 5.56 Å². The van der Waals surface area contributed by atoms with Crippen LogP contribution in [0.4, 0.5) is 18.0 Å². The number of fused-ring (bicyclic) bond motifs is 1. The molecule has 3 atom stereocenters. The van der Waals surface area contributed by atoms with Gasteiger partial charge in [0.2, 0.25) is 0 Å². The monoisotopic (exact) mass is 388 g/mol. The highest BCUT2D eigenvalue weighted by Gasteiger charge is 2.53. The topological polar surface area (TPSA) is 69.6 Å². The maximum atomic E-state index is 13.0. The Labute approximate surface area is 152 Å². The molecule has 9 heteroatoms. The largest absolute Gasteiger partial charge is 0.481 e. The maximum absolute atomic E-state index is 13.0. The van der Waals surface area contributed by atoms with E-state index in [0.29, 0.717) is 6.54 Å². The molecular formula is C17H19F3N2O3S. The summed E-state index contributed by atoms with van der Waals surface area (Å²) < 4.78 is 39.1. The Hall–Kier alpha value is -1.90. The maximum Gasteiger partial charge on any atom is 0.394 e. The Morgan fingerprint density at radius 1 is 1.27 bits per heavy atom. The zero-order valence-electron chi connectivity index (χ0n) is 13.8. The van der Waals surface area contributed by atoms with Gasteiger partial charge in [-0.3, -0.25) is 4.79 Å². The number of rotatable bonds is 3. The van der Waals surface area contributed by atoms with Crippen LogP contribution in [0.3, 0.4) is 0 Å². The van der Waals surface area contributed by atoms with Gasteiger partial charge in [-0.15, -0.1) is 0 Å². The van der Waals surface area contributed by atoms with Crippen LogP contribution >= 0.6 is 11.8 Å². The Balaban J connectivity index is 1.62. The van der Waals surface area contributed by atoms with E-state index >= 15 is 0 Å². The van der Waals surface area contributed by atoms with Gasteiger partial charge in [0.15, 0.2) is 0 Å². The number of carbonyl (C=O) groups excluding carboxylic acids is 1. The van der Waals surface area contributed by atoms with Crippen LogP contribution in [0.15, 0.2) is 24.3 Å². The van der Waals surface area contributed by atoms with E-state index in [1.807, 2.05) is 24.3 Å². The van der Waals surface area contributed by atoms with Crippen molar-refractivity contribution < 1.29 is 27.9 Å². The molecule has 5 nitrogen and oxygen atoms in total. The molecule has 0 spiro atoms. The van der Waals surface area contributed by atoms with E-state index in [9.17, 15) is 22.8 Å². The highest BCUT2D eigenvalue weighted by atomic mass is 32.2. The number of urea groups is 1. The third-order valence-electron chi connectivity index (χ3n) is 4.88. The average Bonchev–Trinajstić information content (AvgIpc) is 3.06. The Morgan fingerprint density at radius 3 is 2.65 bits per heavy atom. The number of amides is 2. The highest BCUT2D eigenvalue weighted by molar-refractivity contribution is 7.99. The number of alkyl halides is 3. The lowest BCUT2D eigenvalue weighted by atomic mass is 9.96. The predicted octanol–water partition coefficient (Wildman–Crippen LogP) is 2.92. The third-order valence-corrected chi connectivity index (χ3v) is 6.14. The summed E-state index contributed by atoms with van der Waals surface area (Å²) in [6.07, 6.45) is -3.69. The lowest BCUT2D eigenvalue weighted by molar-refractivity contribution is -0.187. The van der Waals surface area contributed by atoms with Crippen LogP contribution in [0.5, 0.6) is 0 Å². The van der Waals surface area contributed by atoms with Crippen LogP contribution in [0.25, 0.3) is 0 Å². The number of carbonyl (C=O) groups is 2. The Bertz CT molecular complexity index is 698. The zero-order valence-corrected chi connectivity index (χ0v) is 14.6. The summed E-state index contributed by atoms with van der Waals surface area (Å²) >= 11 is 1.69. The number of carboxylic acid groups (broad SMARTS) is 1. The van der Waals surface area contributed by atoms with Crippen molar-refractivity contribution in [2.24, 2.45) is 11.8 Å². The number of nitrogens with zero attached hydrogens (tertiary/aromatic N) is 1. The van der Waals surface area contributed by atoms with Crippen molar-refractivity contribution in [2.75, 3.05) is 25.4 Å². The molecule has 26 heavy (non-hydrogen) atoms. The van der Waals surface area contributed by atoms with Gasteiger partial charge in [-0.25, -0.2) is 4.79 Å². The molecule has 0 bridgehead atoms. The summed E-state index contributed by atoms with van der Waals surface area (Å²) in [6, 6.07) is 7.26. The standard InChI is InChI=1S/C17H19F3N2O3S/c18-17(19,20)13-9-22(8-12(13)15(23)24)16(25)21-7-14-11-4-2-1-3-10(11)5-6-26-14/h1-4,12-14H,5-9H2,(H,21,25)(H,23,24)/t12-,13-,14?/m1/s1. The van der Waals surface area contributed by atoms with Crippen LogP contribution in [-0.2, 0) is 11.2 Å². The summed E-state index contributed by atoms with van der Waals surface area (Å²) in [5.74, 6) is -4.26. The molecule has 1 aromatic carbocycles. The van der Waals surface area contributed by atoms with E-state index in [2.05, 4.69) is 5.32 Å². The normalized spacial score (nSPS) is 25.7. The first kappa shape index (κ1) is 18.9. The van der Waals surface area contributed by atoms with Crippen molar-refractivity contribution in [3.63, 3.8) is 0 Å². The molecule has 0 saturated carbocycles. The van der Waals surface area contributed by atoms with Crippen molar-refractivity contribution in [3.8, 4) is 0 Å². The van der Waals surface area contributed by atoms with Crippen molar-refractivity contribution in [1.82, 2.24) is 10.2 Å². The first-order valence-corrected chi connectivity index (χ1v) is 9.34. The zero-order chi connectivity index (χ0) is 18.9. The fourth-order valence-electron chi connectivity index (χ4n) is 3.49.